The normalized spacial score (nSPS) is 10.2. The summed E-state index contributed by atoms with van der Waals surface area (Å²) < 4.78 is 18.9. The molecule has 2 rings (SSSR count). The van der Waals surface area contributed by atoms with Gasteiger partial charge in [-0.3, -0.25) is 4.79 Å². The SMILES string of the molecule is Cc1cc(F)c(Br)cc1NC(=O)COc1ccccc1N. The Labute approximate surface area is 130 Å². The zero-order chi connectivity index (χ0) is 15.4. The number of ether oxygens (including phenoxy) is 1. The molecule has 1 amide bonds. The maximum absolute atomic E-state index is 13.3. The highest BCUT2D eigenvalue weighted by molar-refractivity contribution is 9.10. The molecule has 2 aromatic carbocycles. The Kier molecular flexibility index (Phi) is 4.80. The van der Waals surface area contributed by atoms with Crippen LogP contribution in [0.1, 0.15) is 5.56 Å². The number of nitrogens with one attached hydrogen (secondary N) is 1. The Morgan fingerprint density at radius 2 is 2.10 bits per heavy atom. The molecule has 3 N–H and O–H groups in total. The van der Waals surface area contributed by atoms with Gasteiger partial charge in [0.1, 0.15) is 11.6 Å². The number of halogens is 2. The topological polar surface area (TPSA) is 64.3 Å². The van der Waals surface area contributed by atoms with Crippen LogP contribution in [0.5, 0.6) is 5.75 Å². The summed E-state index contributed by atoms with van der Waals surface area (Å²) in [7, 11) is 0. The van der Waals surface area contributed by atoms with Crippen molar-refractivity contribution >= 4 is 33.2 Å². The van der Waals surface area contributed by atoms with Crippen LogP contribution in [0, 0.1) is 12.7 Å². The van der Waals surface area contributed by atoms with E-state index >= 15 is 0 Å². The van der Waals surface area contributed by atoms with E-state index in [1.165, 1.54) is 12.1 Å². The number of para-hydroxylation sites is 2. The molecule has 0 saturated heterocycles. The zero-order valence-electron chi connectivity index (χ0n) is 11.3. The van der Waals surface area contributed by atoms with Gasteiger partial charge in [0.2, 0.25) is 0 Å². The Bertz CT molecular complexity index is 677. The lowest BCUT2D eigenvalue weighted by atomic mass is 10.2. The largest absolute Gasteiger partial charge is 0.482 e. The zero-order valence-corrected chi connectivity index (χ0v) is 12.9. The summed E-state index contributed by atoms with van der Waals surface area (Å²) in [6, 6.07) is 9.78. The second kappa shape index (κ2) is 6.58. The molecule has 0 radical (unpaired) electrons. The predicted molar refractivity (Wildman–Crippen MR) is 83.8 cm³/mol. The second-order valence-corrected chi connectivity index (χ2v) is 5.31. The first-order valence-corrected chi connectivity index (χ1v) is 6.99. The second-order valence-electron chi connectivity index (χ2n) is 4.46. The molecule has 0 aliphatic heterocycles. The minimum Gasteiger partial charge on any atom is -0.482 e. The van der Waals surface area contributed by atoms with Crippen molar-refractivity contribution < 1.29 is 13.9 Å². The quantitative estimate of drug-likeness (QED) is 0.827. The number of nitrogens with two attached hydrogens (primary N) is 1. The summed E-state index contributed by atoms with van der Waals surface area (Å²) in [5, 5.41) is 2.67. The van der Waals surface area contributed by atoms with Crippen LogP contribution in [0.3, 0.4) is 0 Å². The van der Waals surface area contributed by atoms with Crippen molar-refractivity contribution in [1.29, 1.82) is 0 Å². The first-order valence-electron chi connectivity index (χ1n) is 6.20. The van der Waals surface area contributed by atoms with Gasteiger partial charge in [-0.15, -0.1) is 0 Å². The number of hydrogen-bond acceptors (Lipinski definition) is 3. The smallest absolute Gasteiger partial charge is 0.262 e. The fourth-order valence-electron chi connectivity index (χ4n) is 1.72. The van der Waals surface area contributed by atoms with Crippen molar-refractivity contribution in [2.75, 3.05) is 17.7 Å². The van der Waals surface area contributed by atoms with Crippen LogP contribution in [0.2, 0.25) is 0 Å². The van der Waals surface area contributed by atoms with Crippen molar-refractivity contribution in [3.63, 3.8) is 0 Å². The van der Waals surface area contributed by atoms with Crippen molar-refractivity contribution in [3.05, 3.63) is 52.3 Å². The molecule has 0 unspecified atom stereocenters. The highest BCUT2D eigenvalue weighted by atomic mass is 79.9. The number of benzene rings is 2. The summed E-state index contributed by atoms with van der Waals surface area (Å²) in [6.07, 6.45) is 0. The minimum absolute atomic E-state index is 0.178. The Morgan fingerprint density at radius 3 is 2.81 bits per heavy atom. The predicted octanol–water partition coefficient (Wildman–Crippen LogP) is 3.50. The first kappa shape index (κ1) is 15.3. The number of nitrogen functional groups attached to an aromatic ring is 1. The van der Waals surface area contributed by atoms with E-state index in [0.29, 0.717) is 22.7 Å². The van der Waals surface area contributed by atoms with Gasteiger partial charge in [0.15, 0.2) is 6.61 Å². The molecule has 0 aliphatic rings. The maximum atomic E-state index is 13.3. The molecule has 0 atom stereocenters. The molecule has 0 fully saturated rings. The van der Waals surface area contributed by atoms with Crippen LogP contribution in [-0.2, 0) is 4.79 Å². The van der Waals surface area contributed by atoms with E-state index < -0.39 is 0 Å². The third-order valence-electron chi connectivity index (χ3n) is 2.82. The van der Waals surface area contributed by atoms with Gasteiger partial charge in [0, 0.05) is 5.69 Å². The third-order valence-corrected chi connectivity index (χ3v) is 3.43. The molecule has 21 heavy (non-hydrogen) atoms. The maximum Gasteiger partial charge on any atom is 0.262 e. The van der Waals surface area contributed by atoms with Crippen molar-refractivity contribution in [3.8, 4) is 5.75 Å². The molecule has 0 saturated carbocycles. The summed E-state index contributed by atoms with van der Waals surface area (Å²) >= 11 is 3.08. The summed E-state index contributed by atoms with van der Waals surface area (Å²) in [5.74, 6) is -0.275. The standard InChI is InChI=1S/C15H14BrFN2O2/c1-9-6-11(17)10(16)7-13(9)19-15(20)8-21-14-5-3-2-4-12(14)18/h2-7H,8,18H2,1H3,(H,19,20). The molecule has 0 aliphatic carbocycles. The average molecular weight is 353 g/mol. The number of carbonyl (C=O) groups is 1. The minimum atomic E-state index is -0.376. The summed E-state index contributed by atoms with van der Waals surface area (Å²) in [4.78, 5) is 11.9. The van der Waals surface area contributed by atoms with Crippen molar-refractivity contribution in [1.82, 2.24) is 0 Å². The monoisotopic (exact) mass is 352 g/mol. The molecule has 6 heteroatoms. The summed E-state index contributed by atoms with van der Waals surface area (Å²) in [5.41, 5.74) is 7.33. The fourth-order valence-corrected chi connectivity index (χ4v) is 2.07. The van der Waals surface area contributed by atoms with E-state index in [9.17, 15) is 9.18 Å². The molecule has 110 valence electrons. The van der Waals surface area contributed by atoms with Gasteiger partial charge in [-0.1, -0.05) is 12.1 Å². The van der Waals surface area contributed by atoms with Crippen LogP contribution in [0.25, 0.3) is 0 Å². The fraction of sp³-hybridized carbons (Fsp3) is 0.133. The molecule has 0 bridgehead atoms. The van der Waals surface area contributed by atoms with E-state index in [1.54, 1.807) is 31.2 Å². The van der Waals surface area contributed by atoms with Gasteiger partial charge in [0.05, 0.1) is 10.2 Å². The number of amides is 1. The van der Waals surface area contributed by atoms with Gasteiger partial charge >= 0.3 is 0 Å². The van der Waals surface area contributed by atoms with Gasteiger partial charge in [-0.2, -0.15) is 0 Å². The molecule has 0 heterocycles. The van der Waals surface area contributed by atoms with Crippen LogP contribution in [0.15, 0.2) is 40.9 Å². The molecule has 0 aromatic heterocycles. The van der Waals surface area contributed by atoms with Gasteiger partial charge in [-0.05, 0) is 52.7 Å². The molecule has 2 aromatic rings. The molecule has 4 nitrogen and oxygen atoms in total. The molecular formula is C15H14BrFN2O2. The van der Waals surface area contributed by atoms with Gasteiger partial charge in [0.25, 0.3) is 5.91 Å². The average Bonchev–Trinajstić information content (AvgIpc) is 2.44. The number of anilines is 2. The van der Waals surface area contributed by atoms with Crippen LogP contribution in [-0.4, -0.2) is 12.5 Å². The lowest BCUT2D eigenvalue weighted by Gasteiger charge is -2.11. The highest BCUT2D eigenvalue weighted by Crippen LogP contribution is 2.24. The van der Waals surface area contributed by atoms with Crippen molar-refractivity contribution in [2.45, 2.75) is 6.92 Å². The van der Waals surface area contributed by atoms with Crippen LogP contribution < -0.4 is 15.8 Å². The van der Waals surface area contributed by atoms with E-state index in [1.807, 2.05) is 0 Å². The van der Waals surface area contributed by atoms with E-state index in [0.717, 1.165) is 0 Å². The van der Waals surface area contributed by atoms with Crippen LogP contribution >= 0.6 is 15.9 Å². The van der Waals surface area contributed by atoms with E-state index in [-0.39, 0.29) is 22.8 Å². The van der Waals surface area contributed by atoms with Crippen LogP contribution in [0.4, 0.5) is 15.8 Å². The third kappa shape index (κ3) is 3.95. The van der Waals surface area contributed by atoms with E-state index in [2.05, 4.69) is 21.2 Å². The Morgan fingerprint density at radius 1 is 1.38 bits per heavy atom. The van der Waals surface area contributed by atoms with Crippen molar-refractivity contribution in [2.24, 2.45) is 0 Å². The number of aryl methyl sites for hydroxylation is 1. The molecular weight excluding hydrogens is 339 g/mol. The number of carbonyl (C=O) groups excluding carboxylic acids is 1. The van der Waals surface area contributed by atoms with Gasteiger partial charge in [-0.25, -0.2) is 4.39 Å². The molecule has 0 spiro atoms. The van der Waals surface area contributed by atoms with E-state index in [4.69, 9.17) is 10.5 Å². The Balaban J connectivity index is 1.99. The first-order chi connectivity index (χ1) is 9.97. The summed E-state index contributed by atoms with van der Waals surface area (Å²) in [6.45, 7) is 1.53. The lowest BCUT2D eigenvalue weighted by molar-refractivity contribution is -0.118. The number of rotatable bonds is 4. The Hall–Kier alpha value is -2.08. The lowest BCUT2D eigenvalue weighted by Crippen LogP contribution is -2.21. The van der Waals surface area contributed by atoms with Gasteiger partial charge < -0.3 is 15.8 Å². The highest BCUT2D eigenvalue weighted by Gasteiger charge is 2.10. The number of hydrogen-bond donors (Lipinski definition) is 2.